The average Bonchev–Trinajstić information content (AvgIpc) is 3.31. The molecule has 136 valence electrons. The number of halogens is 1. The molecule has 26 heavy (non-hydrogen) atoms. The van der Waals surface area contributed by atoms with Crippen molar-refractivity contribution in [2.75, 3.05) is 12.8 Å². The number of guanidine groups is 1. The van der Waals surface area contributed by atoms with Gasteiger partial charge >= 0.3 is 0 Å². The Bertz CT molecular complexity index is 1010. The summed E-state index contributed by atoms with van der Waals surface area (Å²) in [6.45, 7) is 1.85. The van der Waals surface area contributed by atoms with Gasteiger partial charge in [-0.25, -0.2) is 9.20 Å². The Morgan fingerprint density at radius 1 is 1.42 bits per heavy atom. The highest BCUT2D eigenvalue weighted by molar-refractivity contribution is 7.83. The van der Waals surface area contributed by atoms with E-state index in [-0.39, 0.29) is 17.6 Å². The highest BCUT2D eigenvalue weighted by atomic mass is 35.5. The number of nitrogens with two attached hydrogens (primary N) is 1. The number of nitrogens with zero attached hydrogens (tertiary/aromatic N) is 5. The molecule has 0 bridgehead atoms. The van der Waals surface area contributed by atoms with E-state index >= 15 is 0 Å². The van der Waals surface area contributed by atoms with E-state index in [0.717, 1.165) is 4.88 Å². The third-order valence-corrected chi connectivity index (χ3v) is 7.26. The first-order valence-corrected chi connectivity index (χ1v) is 9.86. The van der Waals surface area contributed by atoms with E-state index in [1.165, 1.54) is 21.9 Å². The van der Waals surface area contributed by atoms with E-state index in [0.29, 0.717) is 21.5 Å². The van der Waals surface area contributed by atoms with E-state index in [1.54, 1.807) is 19.2 Å². The molecule has 0 fully saturated rings. The summed E-state index contributed by atoms with van der Waals surface area (Å²) in [5.74, 6) is 1.02. The van der Waals surface area contributed by atoms with Crippen molar-refractivity contribution in [3.05, 3.63) is 28.3 Å². The van der Waals surface area contributed by atoms with Crippen LogP contribution in [0.2, 0.25) is 5.02 Å². The lowest BCUT2D eigenvalue weighted by Gasteiger charge is -2.33. The zero-order chi connectivity index (χ0) is 18.5. The first-order chi connectivity index (χ1) is 12.4. The number of rotatable bonds is 3. The molecule has 1 aliphatic heterocycles. The zero-order valence-electron chi connectivity index (χ0n) is 13.7. The molecule has 0 amide bonds. The summed E-state index contributed by atoms with van der Waals surface area (Å²) in [6.07, 6.45) is 1.42. The lowest BCUT2D eigenvalue weighted by molar-refractivity contribution is 0.419. The molecule has 1 aliphatic rings. The highest BCUT2D eigenvalue weighted by Gasteiger charge is 2.39. The summed E-state index contributed by atoms with van der Waals surface area (Å²) >= 11 is 7.77. The van der Waals surface area contributed by atoms with E-state index in [1.807, 2.05) is 6.92 Å². The standard InChI is InChI=1S/C14H13ClN6O3S2/c1-14(6-26(22)21(2)13(16)17-14)10-7(15)5-9(25-10)12-19-18-11(24-12)8-3-4-23-20-8/h3-5H,6H2,1-2H3,(H2,16,17)/t14-,26?/m0/s1. The Balaban J connectivity index is 1.72. The van der Waals surface area contributed by atoms with Gasteiger partial charge in [-0.15, -0.1) is 21.5 Å². The predicted molar refractivity (Wildman–Crippen MR) is 97.9 cm³/mol. The molecule has 0 saturated carbocycles. The van der Waals surface area contributed by atoms with Crippen molar-refractivity contribution in [1.29, 1.82) is 0 Å². The molecule has 1 unspecified atom stereocenters. The van der Waals surface area contributed by atoms with Crippen molar-refractivity contribution in [1.82, 2.24) is 19.7 Å². The third-order valence-electron chi connectivity index (χ3n) is 3.86. The third kappa shape index (κ3) is 2.81. The van der Waals surface area contributed by atoms with Crippen molar-refractivity contribution >= 4 is 39.9 Å². The van der Waals surface area contributed by atoms with Gasteiger partial charge in [-0.1, -0.05) is 16.8 Å². The van der Waals surface area contributed by atoms with Gasteiger partial charge in [0, 0.05) is 13.1 Å². The summed E-state index contributed by atoms with van der Waals surface area (Å²) in [5, 5.41) is 12.2. The van der Waals surface area contributed by atoms with Gasteiger partial charge in [0.25, 0.3) is 11.8 Å². The normalized spacial score (nSPS) is 23.3. The van der Waals surface area contributed by atoms with Crippen molar-refractivity contribution in [3.8, 4) is 22.4 Å². The number of aliphatic imine (C=N–C) groups is 1. The minimum atomic E-state index is -1.29. The number of aromatic nitrogens is 3. The second-order valence-electron chi connectivity index (χ2n) is 5.79. The van der Waals surface area contributed by atoms with E-state index in [4.69, 9.17) is 26.3 Å². The van der Waals surface area contributed by atoms with Crippen LogP contribution in [0.15, 0.2) is 32.3 Å². The van der Waals surface area contributed by atoms with Crippen LogP contribution in [0.3, 0.4) is 0 Å². The van der Waals surface area contributed by atoms with Gasteiger partial charge in [0.2, 0.25) is 5.96 Å². The quantitative estimate of drug-likeness (QED) is 0.699. The molecule has 0 saturated heterocycles. The molecule has 2 atom stereocenters. The highest BCUT2D eigenvalue weighted by Crippen LogP contribution is 2.43. The molecule has 0 aromatic carbocycles. The smallest absolute Gasteiger partial charge is 0.270 e. The van der Waals surface area contributed by atoms with Gasteiger partial charge in [0.05, 0.1) is 20.5 Å². The van der Waals surface area contributed by atoms with E-state index < -0.39 is 16.5 Å². The second-order valence-corrected chi connectivity index (χ2v) is 8.73. The Morgan fingerprint density at radius 3 is 2.88 bits per heavy atom. The lowest BCUT2D eigenvalue weighted by atomic mass is 10.0. The summed E-state index contributed by atoms with van der Waals surface area (Å²) in [5.41, 5.74) is 5.55. The molecule has 9 nitrogen and oxygen atoms in total. The Kier molecular flexibility index (Phi) is 4.09. The van der Waals surface area contributed by atoms with Gasteiger partial charge in [0.15, 0.2) is 5.69 Å². The van der Waals surface area contributed by atoms with Crippen molar-refractivity contribution < 1.29 is 13.1 Å². The molecule has 2 N–H and O–H groups in total. The SMILES string of the molecule is CN1C(N)=N[C@](C)(c2sc(-c3nnc(-c4ccon4)o3)cc2Cl)CS1=O. The molecule has 3 aromatic rings. The van der Waals surface area contributed by atoms with Crippen LogP contribution in [0, 0.1) is 0 Å². The first kappa shape index (κ1) is 17.2. The first-order valence-electron chi connectivity index (χ1n) is 7.39. The molecule has 0 spiro atoms. The minimum absolute atomic E-state index is 0.203. The minimum Gasteiger partial charge on any atom is -0.414 e. The maximum atomic E-state index is 12.3. The van der Waals surface area contributed by atoms with Crippen molar-refractivity contribution in [2.24, 2.45) is 10.7 Å². The van der Waals surface area contributed by atoms with Crippen LogP contribution in [0.4, 0.5) is 0 Å². The van der Waals surface area contributed by atoms with Gasteiger partial charge in [-0.05, 0) is 13.0 Å². The fourth-order valence-corrected chi connectivity index (χ4v) is 5.28. The maximum Gasteiger partial charge on any atom is 0.270 e. The molecule has 4 rings (SSSR count). The molecule has 3 aromatic heterocycles. The van der Waals surface area contributed by atoms with Crippen molar-refractivity contribution in [3.63, 3.8) is 0 Å². The van der Waals surface area contributed by atoms with Crippen molar-refractivity contribution in [2.45, 2.75) is 12.5 Å². The molecule has 0 radical (unpaired) electrons. The molecule has 0 aliphatic carbocycles. The van der Waals surface area contributed by atoms with Crippen LogP contribution < -0.4 is 5.73 Å². The number of thiophene rings is 1. The van der Waals surface area contributed by atoms with E-state index in [2.05, 4.69) is 20.3 Å². The fourth-order valence-electron chi connectivity index (χ4n) is 2.50. The maximum absolute atomic E-state index is 12.3. The van der Waals surface area contributed by atoms with Crippen LogP contribution in [0.25, 0.3) is 22.4 Å². The van der Waals surface area contributed by atoms with Gasteiger partial charge in [0.1, 0.15) is 22.8 Å². The van der Waals surface area contributed by atoms with Crippen LogP contribution in [0.5, 0.6) is 0 Å². The topological polar surface area (TPSA) is 124 Å². The molecular formula is C14H13ClN6O3S2. The number of hydrogen-bond donors (Lipinski definition) is 1. The Morgan fingerprint density at radius 2 is 2.19 bits per heavy atom. The summed E-state index contributed by atoms with van der Waals surface area (Å²) in [6, 6.07) is 3.34. The van der Waals surface area contributed by atoms with Gasteiger partial charge in [-0.3, -0.25) is 4.31 Å². The van der Waals surface area contributed by atoms with Crippen LogP contribution in [0.1, 0.15) is 11.8 Å². The lowest BCUT2D eigenvalue weighted by Crippen LogP contribution is -2.47. The second kappa shape index (κ2) is 6.18. The predicted octanol–water partition coefficient (Wildman–Crippen LogP) is 2.25. The molecular weight excluding hydrogens is 400 g/mol. The average molecular weight is 413 g/mol. The Hall–Kier alpha value is -2.24. The number of hydrogen-bond acceptors (Lipinski definition) is 9. The summed E-state index contributed by atoms with van der Waals surface area (Å²) in [7, 11) is 0.350. The van der Waals surface area contributed by atoms with Crippen LogP contribution >= 0.6 is 22.9 Å². The largest absolute Gasteiger partial charge is 0.414 e. The summed E-state index contributed by atoms with van der Waals surface area (Å²) in [4.78, 5) is 5.90. The van der Waals surface area contributed by atoms with Crippen LogP contribution in [-0.2, 0) is 16.5 Å². The molecule has 12 heteroatoms. The fraction of sp³-hybridized carbons (Fsp3) is 0.286. The monoisotopic (exact) mass is 412 g/mol. The van der Waals surface area contributed by atoms with Gasteiger partial charge < -0.3 is 14.7 Å². The summed E-state index contributed by atoms with van der Waals surface area (Å²) < 4.78 is 24.1. The molecule has 4 heterocycles. The van der Waals surface area contributed by atoms with Crippen LogP contribution in [-0.4, -0.2) is 42.6 Å². The zero-order valence-corrected chi connectivity index (χ0v) is 16.1. The van der Waals surface area contributed by atoms with Gasteiger partial charge in [-0.2, -0.15) is 0 Å². The van der Waals surface area contributed by atoms with E-state index in [9.17, 15) is 4.21 Å². The Labute approximate surface area is 159 Å².